The number of imide groups is 1. The molecule has 0 aromatic heterocycles. The Kier molecular flexibility index (Phi) is 6.33. The highest BCUT2D eigenvalue weighted by Gasteiger charge is 2.20. The summed E-state index contributed by atoms with van der Waals surface area (Å²) in [5.41, 5.74) is 1.10. The van der Waals surface area contributed by atoms with Gasteiger partial charge in [-0.15, -0.1) is 0 Å². The maximum absolute atomic E-state index is 12.0. The number of benzene rings is 1. The molecule has 1 aliphatic carbocycles. The van der Waals surface area contributed by atoms with Gasteiger partial charge in [0.2, 0.25) is 5.91 Å². The lowest BCUT2D eigenvalue weighted by atomic mass is 10.2. The van der Waals surface area contributed by atoms with Gasteiger partial charge in [0.15, 0.2) is 0 Å². The van der Waals surface area contributed by atoms with Crippen LogP contribution >= 0.6 is 0 Å². The molecule has 1 aromatic rings. The van der Waals surface area contributed by atoms with Crippen molar-refractivity contribution in [1.29, 1.82) is 0 Å². The average molecular weight is 360 g/mol. The summed E-state index contributed by atoms with van der Waals surface area (Å²) in [6.45, 7) is 4.18. The summed E-state index contributed by atoms with van der Waals surface area (Å²) >= 11 is 0. The smallest absolute Gasteiger partial charge is 0.321 e. The molecule has 7 heteroatoms. The SMILES string of the molecule is O=C(CCN1CCN(c2ccc(O)cc2)CC1)NC(=O)NC1CCCC1. The van der Waals surface area contributed by atoms with Crippen LogP contribution in [0.2, 0.25) is 0 Å². The van der Waals surface area contributed by atoms with Crippen LogP contribution in [0.5, 0.6) is 5.75 Å². The predicted octanol–water partition coefficient (Wildman–Crippen LogP) is 1.67. The third kappa shape index (κ3) is 5.36. The quantitative estimate of drug-likeness (QED) is 0.744. The Hall–Kier alpha value is -2.28. The minimum Gasteiger partial charge on any atom is -0.508 e. The van der Waals surface area contributed by atoms with Gasteiger partial charge >= 0.3 is 6.03 Å². The first kappa shape index (κ1) is 18.5. The van der Waals surface area contributed by atoms with Gasteiger partial charge < -0.3 is 15.3 Å². The van der Waals surface area contributed by atoms with Gasteiger partial charge in [0, 0.05) is 50.9 Å². The fourth-order valence-corrected chi connectivity index (χ4v) is 3.63. The van der Waals surface area contributed by atoms with E-state index in [1.165, 1.54) is 0 Å². The number of phenolic OH excluding ortho intramolecular Hbond substituents is 1. The van der Waals surface area contributed by atoms with Crippen molar-refractivity contribution in [3.63, 3.8) is 0 Å². The first-order chi connectivity index (χ1) is 12.6. The van der Waals surface area contributed by atoms with E-state index < -0.39 is 0 Å². The van der Waals surface area contributed by atoms with Gasteiger partial charge in [0.1, 0.15) is 5.75 Å². The van der Waals surface area contributed by atoms with E-state index in [0.717, 1.165) is 57.5 Å². The highest BCUT2D eigenvalue weighted by Crippen LogP contribution is 2.20. The molecule has 7 nitrogen and oxygen atoms in total. The standard InChI is InChI=1S/C19H28N4O3/c24-17-7-5-16(6-8-17)23-13-11-22(12-14-23)10-9-18(25)21-19(26)20-15-3-1-2-4-15/h5-8,15,24H,1-4,9-14H2,(H2,20,21,25,26). The predicted molar refractivity (Wildman–Crippen MR) is 100 cm³/mol. The molecule has 1 heterocycles. The van der Waals surface area contributed by atoms with Crippen molar-refractivity contribution in [2.75, 3.05) is 37.6 Å². The molecule has 0 spiro atoms. The molecule has 3 N–H and O–H groups in total. The summed E-state index contributed by atoms with van der Waals surface area (Å²) in [6, 6.07) is 7.09. The molecule has 0 bridgehead atoms. The van der Waals surface area contributed by atoms with Crippen LogP contribution in [0.25, 0.3) is 0 Å². The van der Waals surface area contributed by atoms with E-state index in [1.54, 1.807) is 12.1 Å². The Labute approximate surface area is 154 Å². The second-order valence-electron chi connectivity index (χ2n) is 7.10. The van der Waals surface area contributed by atoms with E-state index >= 15 is 0 Å². The van der Waals surface area contributed by atoms with E-state index in [9.17, 15) is 14.7 Å². The number of amides is 3. The number of piperazine rings is 1. The summed E-state index contributed by atoms with van der Waals surface area (Å²) in [7, 11) is 0. The molecule has 3 rings (SSSR count). The topological polar surface area (TPSA) is 84.9 Å². The zero-order chi connectivity index (χ0) is 18.4. The zero-order valence-electron chi connectivity index (χ0n) is 15.1. The average Bonchev–Trinajstić information content (AvgIpc) is 3.14. The van der Waals surface area contributed by atoms with Crippen LogP contribution in [-0.2, 0) is 4.79 Å². The normalized spacial score (nSPS) is 18.7. The highest BCUT2D eigenvalue weighted by atomic mass is 16.3. The lowest BCUT2D eigenvalue weighted by molar-refractivity contribution is -0.120. The lowest BCUT2D eigenvalue weighted by Crippen LogP contribution is -2.48. The molecule has 1 aromatic carbocycles. The second kappa shape index (κ2) is 8.89. The molecule has 0 atom stereocenters. The summed E-state index contributed by atoms with van der Waals surface area (Å²) in [6.07, 6.45) is 4.64. The summed E-state index contributed by atoms with van der Waals surface area (Å²) in [5.74, 6) is 0.0526. The van der Waals surface area contributed by atoms with Crippen molar-refractivity contribution in [2.45, 2.75) is 38.1 Å². The van der Waals surface area contributed by atoms with Crippen molar-refractivity contribution >= 4 is 17.6 Å². The number of hydrogen-bond donors (Lipinski definition) is 3. The van der Waals surface area contributed by atoms with Gasteiger partial charge in [-0.25, -0.2) is 4.79 Å². The van der Waals surface area contributed by atoms with Crippen molar-refractivity contribution in [1.82, 2.24) is 15.5 Å². The highest BCUT2D eigenvalue weighted by molar-refractivity contribution is 5.94. The largest absolute Gasteiger partial charge is 0.508 e. The fourth-order valence-electron chi connectivity index (χ4n) is 3.63. The number of aromatic hydroxyl groups is 1. The number of phenols is 1. The van der Waals surface area contributed by atoms with Gasteiger partial charge in [0.05, 0.1) is 0 Å². The van der Waals surface area contributed by atoms with Gasteiger partial charge in [-0.2, -0.15) is 0 Å². The van der Waals surface area contributed by atoms with Crippen LogP contribution < -0.4 is 15.5 Å². The maximum Gasteiger partial charge on any atom is 0.321 e. The van der Waals surface area contributed by atoms with Gasteiger partial charge in [-0.1, -0.05) is 12.8 Å². The van der Waals surface area contributed by atoms with Crippen molar-refractivity contribution in [3.8, 4) is 5.75 Å². The minimum absolute atomic E-state index is 0.218. The number of nitrogens with one attached hydrogen (secondary N) is 2. The molecular weight excluding hydrogens is 332 g/mol. The Morgan fingerprint density at radius 2 is 1.69 bits per heavy atom. The second-order valence-corrected chi connectivity index (χ2v) is 7.10. The van der Waals surface area contributed by atoms with Crippen LogP contribution in [0.1, 0.15) is 32.1 Å². The molecule has 1 aliphatic heterocycles. The van der Waals surface area contributed by atoms with E-state index in [-0.39, 0.29) is 23.7 Å². The van der Waals surface area contributed by atoms with Gasteiger partial charge in [0.25, 0.3) is 0 Å². The van der Waals surface area contributed by atoms with Crippen molar-refractivity contribution in [2.24, 2.45) is 0 Å². The first-order valence-electron chi connectivity index (χ1n) is 9.47. The monoisotopic (exact) mass is 360 g/mol. The molecule has 142 valence electrons. The Bertz CT molecular complexity index is 606. The Balaban J connectivity index is 1.33. The number of hydrogen-bond acceptors (Lipinski definition) is 5. The Morgan fingerprint density at radius 3 is 2.35 bits per heavy atom. The van der Waals surface area contributed by atoms with Crippen LogP contribution in [0.3, 0.4) is 0 Å². The summed E-state index contributed by atoms with van der Waals surface area (Å²) < 4.78 is 0. The van der Waals surface area contributed by atoms with E-state index in [4.69, 9.17) is 0 Å². The number of anilines is 1. The third-order valence-corrected chi connectivity index (χ3v) is 5.19. The van der Waals surface area contributed by atoms with Crippen molar-refractivity contribution < 1.29 is 14.7 Å². The number of carbonyl (C=O) groups excluding carboxylic acids is 2. The molecule has 2 fully saturated rings. The lowest BCUT2D eigenvalue weighted by Gasteiger charge is -2.36. The summed E-state index contributed by atoms with van der Waals surface area (Å²) in [5, 5.41) is 14.7. The van der Waals surface area contributed by atoms with Crippen LogP contribution in [0.4, 0.5) is 10.5 Å². The van der Waals surface area contributed by atoms with E-state index in [0.29, 0.717) is 13.0 Å². The van der Waals surface area contributed by atoms with Gasteiger partial charge in [-0.3, -0.25) is 15.0 Å². The minimum atomic E-state index is -0.362. The van der Waals surface area contributed by atoms with Gasteiger partial charge in [-0.05, 0) is 37.1 Å². The first-order valence-corrected chi connectivity index (χ1v) is 9.47. The number of carbonyl (C=O) groups is 2. The summed E-state index contributed by atoms with van der Waals surface area (Å²) in [4.78, 5) is 28.3. The maximum atomic E-state index is 12.0. The van der Waals surface area contributed by atoms with E-state index in [1.807, 2.05) is 12.1 Å². The molecule has 2 aliphatic rings. The van der Waals surface area contributed by atoms with Crippen LogP contribution in [-0.4, -0.2) is 60.7 Å². The Morgan fingerprint density at radius 1 is 1.04 bits per heavy atom. The number of urea groups is 1. The fraction of sp³-hybridized carbons (Fsp3) is 0.579. The van der Waals surface area contributed by atoms with Crippen molar-refractivity contribution in [3.05, 3.63) is 24.3 Å². The third-order valence-electron chi connectivity index (χ3n) is 5.19. The molecule has 26 heavy (non-hydrogen) atoms. The van der Waals surface area contributed by atoms with Crippen LogP contribution in [0.15, 0.2) is 24.3 Å². The molecule has 0 radical (unpaired) electrons. The molecular formula is C19H28N4O3. The zero-order valence-corrected chi connectivity index (χ0v) is 15.1. The molecule has 1 saturated carbocycles. The molecule has 0 unspecified atom stereocenters. The number of nitrogens with zero attached hydrogens (tertiary/aromatic N) is 2. The molecule has 1 saturated heterocycles. The van der Waals surface area contributed by atoms with Crippen LogP contribution in [0, 0.1) is 0 Å². The van der Waals surface area contributed by atoms with E-state index in [2.05, 4.69) is 20.4 Å². The number of rotatable bonds is 5. The molecule has 3 amide bonds.